The highest BCUT2D eigenvalue weighted by molar-refractivity contribution is 5.98. The average Bonchev–Trinajstić information content (AvgIpc) is 2.17. The molecule has 0 saturated carbocycles. The number of halogens is 2. The summed E-state index contributed by atoms with van der Waals surface area (Å²) in [5.41, 5.74) is -0.555. The van der Waals surface area contributed by atoms with E-state index >= 15 is 0 Å². The highest BCUT2D eigenvalue weighted by Gasteiger charge is 2.21. The topological polar surface area (TPSA) is 40.9 Å². The third kappa shape index (κ3) is 2.38. The van der Waals surface area contributed by atoms with Gasteiger partial charge >= 0.3 is 0 Å². The highest BCUT2D eigenvalue weighted by atomic mass is 19.1. The minimum atomic E-state index is -0.884. The van der Waals surface area contributed by atoms with Crippen LogP contribution in [-0.2, 0) is 0 Å². The van der Waals surface area contributed by atoms with Crippen LogP contribution in [0.4, 0.5) is 8.78 Å². The minimum Gasteiger partial charge on any atom is -0.294 e. The number of Topliss-reactive ketones (excluding diaryl/α,β-unsaturated/α-hetero) is 1. The van der Waals surface area contributed by atoms with E-state index in [9.17, 15) is 13.6 Å². The number of hydrogen-bond acceptors (Lipinski definition) is 2. The smallest absolute Gasteiger partial charge is 0.172 e. The van der Waals surface area contributed by atoms with Gasteiger partial charge in [-0.1, -0.05) is 13.0 Å². The molecule has 1 rings (SSSR count). The zero-order valence-electron chi connectivity index (χ0n) is 8.13. The van der Waals surface area contributed by atoms with Crippen LogP contribution >= 0.6 is 0 Å². The van der Waals surface area contributed by atoms with Gasteiger partial charge in [0.25, 0.3) is 0 Å². The molecular formula is C11H9F2NO. The normalized spacial score (nSPS) is 11.9. The van der Waals surface area contributed by atoms with Crippen LogP contribution in [0.5, 0.6) is 0 Å². The maximum Gasteiger partial charge on any atom is 0.172 e. The zero-order chi connectivity index (χ0) is 11.4. The summed E-state index contributed by atoms with van der Waals surface area (Å²) in [7, 11) is 0. The fourth-order valence-electron chi connectivity index (χ4n) is 1.21. The van der Waals surface area contributed by atoms with Gasteiger partial charge in [0, 0.05) is 12.3 Å². The molecule has 0 radical (unpaired) electrons. The fraction of sp³-hybridized carbons (Fsp3) is 0.273. The van der Waals surface area contributed by atoms with E-state index in [2.05, 4.69) is 0 Å². The molecule has 1 aromatic rings. The first kappa shape index (κ1) is 11.3. The van der Waals surface area contributed by atoms with Crippen LogP contribution in [0.15, 0.2) is 18.2 Å². The second-order valence-electron chi connectivity index (χ2n) is 3.22. The molecule has 0 aliphatic heterocycles. The van der Waals surface area contributed by atoms with Crippen LogP contribution < -0.4 is 0 Å². The molecule has 78 valence electrons. The van der Waals surface area contributed by atoms with E-state index in [0.717, 1.165) is 12.1 Å². The second-order valence-corrected chi connectivity index (χ2v) is 3.22. The van der Waals surface area contributed by atoms with E-state index in [-0.39, 0.29) is 6.42 Å². The predicted molar refractivity (Wildman–Crippen MR) is 50.1 cm³/mol. The molecule has 0 aliphatic rings. The lowest BCUT2D eigenvalue weighted by atomic mass is 9.96. The van der Waals surface area contributed by atoms with Crippen LogP contribution in [0.25, 0.3) is 0 Å². The van der Waals surface area contributed by atoms with E-state index in [1.807, 2.05) is 0 Å². The van der Waals surface area contributed by atoms with Crippen molar-refractivity contribution in [1.82, 2.24) is 0 Å². The van der Waals surface area contributed by atoms with Crippen LogP contribution in [0, 0.1) is 28.9 Å². The third-order valence-electron chi connectivity index (χ3n) is 2.05. The van der Waals surface area contributed by atoms with Gasteiger partial charge in [-0.05, 0) is 12.1 Å². The number of carbonyl (C=O) groups excluding carboxylic acids is 1. The van der Waals surface area contributed by atoms with Crippen molar-refractivity contribution in [2.75, 3.05) is 0 Å². The van der Waals surface area contributed by atoms with E-state index in [1.165, 1.54) is 13.0 Å². The molecule has 0 saturated heterocycles. The molecule has 1 unspecified atom stereocenters. The van der Waals surface area contributed by atoms with Gasteiger partial charge in [-0.25, -0.2) is 8.78 Å². The van der Waals surface area contributed by atoms with Gasteiger partial charge in [0.15, 0.2) is 5.78 Å². The van der Waals surface area contributed by atoms with Crippen molar-refractivity contribution in [1.29, 1.82) is 5.26 Å². The number of carbonyl (C=O) groups is 1. The molecule has 1 atom stereocenters. The Morgan fingerprint density at radius 3 is 2.47 bits per heavy atom. The first-order chi connectivity index (χ1) is 7.07. The molecule has 4 heteroatoms. The summed E-state index contributed by atoms with van der Waals surface area (Å²) >= 11 is 0. The van der Waals surface area contributed by atoms with Crippen molar-refractivity contribution < 1.29 is 13.6 Å². The molecule has 0 N–H and O–H groups in total. The number of nitriles is 1. The summed E-state index contributed by atoms with van der Waals surface area (Å²) in [6.07, 6.45) is -0.0490. The van der Waals surface area contributed by atoms with Crippen molar-refractivity contribution in [2.45, 2.75) is 13.3 Å². The van der Waals surface area contributed by atoms with Gasteiger partial charge in [-0.2, -0.15) is 5.26 Å². The van der Waals surface area contributed by atoms with E-state index < -0.39 is 28.9 Å². The lowest BCUT2D eigenvalue weighted by Gasteiger charge is -2.07. The van der Waals surface area contributed by atoms with E-state index in [4.69, 9.17) is 5.26 Å². The van der Waals surface area contributed by atoms with Crippen molar-refractivity contribution >= 4 is 5.78 Å². The standard InChI is InChI=1S/C11H9F2NO/c1-7(5-6-14)11(15)10-8(12)3-2-4-9(10)13/h2-4,7H,5H2,1H3. The number of ketones is 1. The minimum absolute atomic E-state index is 0.0490. The predicted octanol–water partition coefficient (Wildman–Crippen LogP) is 2.70. The Morgan fingerprint density at radius 2 is 2.00 bits per heavy atom. The summed E-state index contributed by atoms with van der Waals surface area (Å²) in [6.45, 7) is 1.47. The van der Waals surface area contributed by atoms with Gasteiger partial charge in [0.1, 0.15) is 11.6 Å². The van der Waals surface area contributed by atoms with Gasteiger partial charge in [-0.3, -0.25) is 4.79 Å². The maximum absolute atomic E-state index is 13.2. The van der Waals surface area contributed by atoms with E-state index in [1.54, 1.807) is 6.07 Å². The number of benzene rings is 1. The summed E-state index contributed by atoms with van der Waals surface area (Å²) in [5, 5.41) is 8.38. The Bertz CT molecular complexity index is 403. The van der Waals surface area contributed by atoms with Crippen molar-refractivity contribution in [2.24, 2.45) is 5.92 Å². The SMILES string of the molecule is CC(CC#N)C(=O)c1c(F)cccc1F. The molecule has 2 nitrogen and oxygen atoms in total. The fourth-order valence-corrected chi connectivity index (χ4v) is 1.21. The van der Waals surface area contributed by atoms with Crippen LogP contribution in [-0.4, -0.2) is 5.78 Å². The van der Waals surface area contributed by atoms with Crippen LogP contribution in [0.2, 0.25) is 0 Å². The van der Waals surface area contributed by atoms with Crippen molar-refractivity contribution in [3.05, 3.63) is 35.4 Å². The Balaban J connectivity index is 3.07. The van der Waals surface area contributed by atoms with Crippen LogP contribution in [0.3, 0.4) is 0 Å². The number of nitrogens with zero attached hydrogens (tertiary/aromatic N) is 1. The summed E-state index contributed by atoms with van der Waals surface area (Å²) in [6, 6.07) is 5.03. The summed E-state index contributed by atoms with van der Waals surface area (Å²) in [5.74, 6) is -3.14. The van der Waals surface area contributed by atoms with Crippen molar-refractivity contribution in [3.8, 4) is 6.07 Å². The molecule has 0 fully saturated rings. The average molecular weight is 209 g/mol. The highest BCUT2D eigenvalue weighted by Crippen LogP contribution is 2.18. The quantitative estimate of drug-likeness (QED) is 0.718. The largest absolute Gasteiger partial charge is 0.294 e. The lowest BCUT2D eigenvalue weighted by Crippen LogP contribution is -2.14. The molecule has 0 aromatic heterocycles. The molecule has 0 heterocycles. The Hall–Kier alpha value is -1.76. The number of rotatable bonds is 3. The van der Waals surface area contributed by atoms with Gasteiger partial charge in [0.05, 0.1) is 11.6 Å². The van der Waals surface area contributed by atoms with Gasteiger partial charge in [0.2, 0.25) is 0 Å². The third-order valence-corrected chi connectivity index (χ3v) is 2.05. The molecule has 1 aromatic carbocycles. The monoisotopic (exact) mass is 209 g/mol. The molecule has 0 spiro atoms. The van der Waals surface area contributed by atoms with Gasteiger partial charge in [-0.15, -0.1) is 0 Å². The Morgan fingerprint density at radius 1 is 1.47 bits per heavy atom. The summed E-state index contributed by atoms with van der Waals surface area (Å²) in [4.78, 5) is 11.5. The summed E-state index contributed by atoms with van der Waals surface area (Å²) < 4.78 is 26.3. The molecule has 0 amide bonds. The molecule has 0 bridgehead atoms. The Labute approximate surface area is 86.1 Å². The first-order valence-corrected chi connectivity index (χ1v) is 4.43. The van der Waals surface area contributed by atoms with Gasteiger partial charge < -0.3 is 0 Å². The first-order valence-electron chi connectivity index (χ1n) is 4.43. The second kappa shape index (κ2) is 4.65. The maximum atomic E-state index is 13.2. The molecule has 0 aliphatic carbocycles. The number of hydrogen-bond donors (Lipinski definition) is 0. The molecular weight excluding hydrogens is 200 g/mol. The van der Waals surface area contributed by atoms with Crippen LogP contribution in [0.1, 0.15) is 23.7 Å². The lowest BCUT2D eigenvalue weighted by molar-refractivity contribution is 0.0923. The Kier molecular flexibility index (Phi) is 3.51. The van der Waals surface area contributed by atoms with E-state index in [0.29, 0.717) is 0 Å². The van der Waals surface area contributed by atoms with Crippen molar-refractivity contribution in [3.63, 3.8) is 0 Å². The zero-order valence-corrected chi connectivity index (χ0v) is 8.13. The molecule has 15 heavy (non-hydrogen) atoms.